The highest BCUT2D eigenvalue weighted by atomic mass is 35.5. The van der Waals surface area contributed by atoms with Crippen LogP contribution in [0.25, 0.3) is 0 Å². The Kier molecular flexibility index (Phi) is 4.37. The van der Waals surface area contributed by atoms with Crippen LogP contribution < -0.4 is 5.32 Å². The van der Waals surface area contributed by atoms with Crippen molar-refractivity contribution in [1.82, 2.24) is 5.32 Å². The molecule has 1 saturated heterocycles. The van der Waals surface area contributed by atoms with Gasteiger partial charge in [0.15, 0.2) is 0 Å². The minimum absolute atomic E-state index is 0.243. The van der Waals surface area contributed by atoms with Gasteiger partial charge in [-0.1, -0.05) is 17.7 Å². The van der Waals surface area contributed by atoms with Crippen molar-refractivity contribution in [2.24, 2.45) is 0 Å². The van der Waals surface area contributed by atoms with Gasteiger partial charge in [-0.3, -0.25) is 0 Å². The Morgan fingerprint density at radius 2 is 2.41 bits per heavy atom. The summed E-state index contributed by atoms with van der Waals surface area (Å²) in [6, 6.07) is 5.01. The van der Waals surface area contributed by atoms with Crippen LogP contribution in [0, 0.1) is 5.82 Å². The van der Waals surface area contributed by atoms with E-state index in [9.17, 15) is 4.39 Å². The maximum atomic E-state index is 13.5. The van der Waals surface area contributed by atoms with Gasteiger partial charge < -0.3 is 10.1 Å². The van der Waals surface area contributed by atoms with Gasteiger partial charge in [-0.15, -0.1) is 0 Å². The summed E-state index contributed by atoms with van der Waals surface area (Å²) in [7, 11) is 0. The molecule has 0 bridgehead atoms. The van der Waals surface area contributed by atoms with E-state index in [0.717, 1.165) is 19.4 Å². The molecule has 0 spiro atoms. The molecule has 0 radical (unpaired) electrons. The van der Waals surface area contributed by atoms with Gasteiger partial charge >= 0.3 is 0 Å². The fourth-order valence-corrected chi connectivity index (χ4v) is 2.22. The summed E-state index contributed by atoms with van der Waals surface area (Å²) in [5.41, 5.74) is 0.638. The molecule has 0 aromatic heterocycles. The third kappa shape index (κ3) is 3.41. The van der Waals surface area contributed by atoms with Crippen molar-refractivity contribution < 1.29 is 9.13 Å². The number of benzene rings is 1. The number of nitrogens with one attached hydrogen (secondary N) is 1. The summed E-state index contributed by atoms with van der Waals surface area (Å²) in [5, 5.41) is 3.72. The minimum atomic E-state index is -0.260. The molecule has 2 rings (SSSR count). The highest BCUT2D eigenvalue weighted by molar-refractivity contribution is 6.30. The summed E-state index contributed by atoms with van der Waals surface area (Å²) in [6.07, 6.45) is 2.45. The van der Waals surface area contributed by atoms with Crippen LogP contribution in [0.1, 0.15) is 25.3 Å². The van der Waals surface area contributed by atoms with Crippen LogP contribution in [0.5, 0.6) is 0 Å². The van der Waals surface area contributed by atoms with E-state index in [2.05, 4.69) is 12.2 Å². The number of ether oxygens (including phenoxy) is 1. The number of rotatable bonds is 4. The predicted molar refractivity (Wildman–Crippen MR) is 66.7 cm³/mol. The molecule has 4 heteroatoms. The Morgan fingerprint density at radius 1 is 1.59 bits per heavy atom. The Labute approximate surface area is 106 Å². The second kappa shape index (κ2) is 5.80. The quantitative estimate of drug-likeness (QED) is 0.895. The molecule has 2 nitrogen and oxygen atoms in total. The summed E-state index contributed by atoms with van der Waals surface area (Å²) >= 11 is 5.70. The van der Waals surface area contributed by atoms with E-state index in [4.69, 9.17) is 16.3 Å². The Balaban J connectivity index is 1.88. The first-order valence-corrected chi connectivity index (χ1v) is 6.33. The first kappa shape index (κ1) is 12.8. The molecule has 0 aliphatic carbocycles. The van der Waals surface area contributed by atoms with Crippen molar-refractivity contribution in [3.63, 3.8) is 0 Å². The maximum absolute atomic E-state index is 13.5. The zero-order chi connectivity index (χ0) is 12.3. The zero-order valence-electron chi connectivity index (χ0n) is 9.88. The molecule has 1 N–H and O–H groups in total. The largest absolute Gasteiger partial charge is 0.377 e. The van der Waals surface area contributed by atoms with E-state index in [1.165, 1.54) is 6.07 Å². The van der Waals surface area contributed by atoms with E-state index >= 15 is 0 Å². The van der Waals surface area contributed by atoms with Crippen LogP contribution in [0.4, 0.5) is 4.39 Å². The topological polar surface area (TPSA) is 21.3 Å². The summed E-state index contributed by atoms with van der Waals surface area (Å²) in [6.45, 7) is 3.42. The van der Waals surface area contributed by atoms with Gasteiger partial charge in [0.05, 0.1) is 6.10 Å². The maximum Gasteiger partial charge on any atom is 0.129 e. The highest BCUT2D eigenvalue weighted by Crippen LogP contribution is 2.17. The molecule has 0 saturated carbocycles. The predicted octanol–water partition coefficient (Wildman–Crippen LogP) is 3.14. The lowest BCUT2D eigenvalue weighted by molar-refractivity contribution is 0.0831. The standard InChI is InChI=1S/C13H17ClFNO/c1-9(13-3-2-6-17-13)16-8-10-4-5-11(14)7-12(10)15/h4-5,7,9,13,16H,2-3,6,8H2,1H3. The van der Waals surface area contributed by atoms with E-state index in [0.29, 0.717) is 17.1 Å². The molecule has 2 unspecified atom stereocenters. The van der Waals surface area contributed by atoms with Crippen molar-refractivity contribution in [1.29, 1.82) is 0 Å². The molecule has 1 aromatic rings. The van der Waals surface area contributed by atoms with Crippen molar-refractivity contribution in [3.05, 3.63) is 34.6 Å². The molecule has 1 heterocycles. The van der Waals surface area contributed by atoms with Crippen molar-refractivity contribution >= 4 is 11.6 Å². The number of hydrogen-bond donors (Lipinski definition) is 1. The zero-order valence-corrected chi connectivity index (χ0v) is 10.6. The molecule has 2 atom stereocenters. The summed E-state index contributed by atoms with van der Waals surface area (Å²) < 4.78 is 19.1. The van der Waals surface area contributed by atoms with Crippen molar-refractivity contribution in [3.8, 4) is 0 Å². The minimum Gasteiger partial charge on any atom is -0.377 e. The van der Waals surface area contributed by atoms with E-state index in [-0.39, 0.29) is 18.0 Å². The number of halogens is 2. The van der Waals surface area contributed by atoms with Crippen LogP contribution in [-0.4, -0.2) is 18.8 Å². The van der Waals surface area contributed by atoms with Gasteiger partial charge in [0, 0.05) is 29.8 Å². The van der Waals surface area contributed by atoms with Gasteiger partial charge in [-0.25, -0.2) is 4.39 Å². The van der Waals surface area contributed by atoms with Gasteiger partial charge in [0.2, 0.25) is 0 Å². The van der Waals surface area contributed by atoms with Gasteiger partial charge in [0.1, 0.15) is 5.82 Å². The Hall–Kier alpha value is -0.640. The fraction of sp³-hybridized carbons (Fsp3) is 0.538. The van der Waals surface area contributed by atoms with Gasteiger partial charge in [0.25, 0.3) is 0 Å². The van der Waals surface area contributed by atoms with Gasteiger partial charge in [-0.2, -0.15) is 0 Å². The average molecular weight is 258 g/mol. The Bertz CT molecular complexity index is 380. The van der Waals surface area contributed by atoms with Crippen LogP contribution in [-0.2, 0) is 11.3 Å². The lowest BCUT2D eigenvalue weighted by Gasteiger charge is -2.20. The second-order valence-corrected chi connectivity index (χ2v) is 4.89. The van der Waals surface area contributed by atoms with E-state index in [1.807, 2.05) is 0 Å². The lowest BCUT2D eigenvalue weighted by Crippen LogP contribution is -2.36. The number of hydrogen-bond acceptors (Lipinski definition) is 2. The monoisotopic (exact) mass is 257 g/mol. The van der Waals surface area contributed by atoms with Crippen LogP contribution in [0.2, 0.25) is 5.02 Å². The van der Waals surface area contributed by atoms with Crippen LogP contribution in [0.15, 0.2) is 18.2 Å². The molecular formula is C13H17ClFNO. The molecule has 1 aliphatic rings. The molecule has 1 aromatic carbocycles. The molecule has 0 amide bonds. The molecule has 94 valence electrons. The molecular weight excluding hydrogens is 241 g/mol. The third-order valence-corrected chi connectivity index (χ3v) is 3.39. The summed E-state index contributed by atoms with van der Waals surface area (Å²) in [5.74, 6) is -0.260. The SMILES string of the molecule is CC(NCc1ccc(Cl)cc1F)C1CCCO1. The first-order valence-electron chi connectivity index (χ1n) is 5.96. The van der Waals surface area contributed by atoms with Crippen LogP contribution in [0.3, 0.4) is 0 Å². The first-order chi connectivity index (χ1) is 8.16. The summed E-state index contributed by atoms with van der Waals surface area (Å²) in [4.78, 5) is 0. The van der Waals surface area contributed by atoms with E-state index < -0.39 is 0 Å². The Morgan fingerprint density at radius 3 is 3.06 bits per heavy atom. The fourth-order valence-electron chi connectivity index (χ4n) is 2.06. The highest BCUT2D eigenvalue weighted by Gasteiger charge is 2.21. The molecule has 1 fully saturated rings. The van der Waals surface area contributed by atoms with Crippen molar-refractivity contribution in [2.45, 2.75) is 38.5 Å². The van der Waals surface area contributed by atoms with Crippen molar-refractivity contribution in [2.75, 3.05) is 6.61 Å². The van der Waals surface area contributed by atoms with Gasteiger partial charge in [-0.05, 0) is 31.9 Å². The third-order valence-electron chi connectivity index (χ3n) is 3.15. The second-order valence-electron chi connectivity index (χ2n) is 4.46. The molecule has 17 heavy (non-hydrogen) atoms. The normalized spacial score (nSPS) is 21.7. The van der Waals surface area contributed by atoms with Crippen LogP contribution >= 0.6 is 11.6 Å². The van der Waals surface area contributed by atoms with E-state index in [1.54, 1.807) is 12.1 Å². The average Bonchev–Trinajstić information content (AvgIpc) is 2.81. The lowest BCUT2D eigenvalue weighted by atomic mass is 10.1. The molecule has 1 aliphatic heterocycles. The smallest absolute Gasteiger partial charge is 0.129 e.